The van der Waals surface area contributed by atoms with Crippen LogP contribution in [-0.2, 0) is 4.79 Å². The van der Waals surface area contributed by atoms with Crippen molar-refractivity contribution in [2.24, 2.45) is 5.92 Å². The quantitative estimate of drug-likeness (QED) is 0.625. The smallest absolute Gasteiger partial charge is 0.388 e. The first-order valence-corrected chi connectivity index (χ1v) is 9.50. The predicted molar refractivity (Wildman–Crippen MR) is 91.9 cm³/mol. The first kappa shape index (κ1) is 20.7. The molecule has 0 saturated heterocycles. The average molecular weight is 392 g/mol. The van der Waals surface area contributed by atoms with Gasteiger partial charge in [0.15, 0.2) is 0 Å². The summed E-state index contributed by atoms with van der Waals surface area (Å²) in [5.41, 5.74) is -0.945. The second kappa shape index (κ2) is 8.85. The maximum atomic E-state index is 12.8. The van der Waals surface area contributed by atoms with Gasteiger partial charge in [-0.2, -0.15) is 24.5 Å². The van der Waals surface area contributed by atoms with Crippen molar-refractivity contribution < 1.29 is 27.9 Å². The molecule has 0 aliphatic heterocycles. The van der Waals surface area contributed by atoms with Crippen LogP contribution >= 0.6 is 11.3 Å². The molecule has 1 saturated carbocycles. The molecule has 0 bridgehead atoms. The van der Waals surface area contributed by atoms with Crippen LogP contribution in [0.4, 0.5) is 13.2 Å². The van der Waals surface area contributed by atoms with Gasteiger partial charge in [0.1, 0.15) is 0 Å². The van der Waals surface area contributed by atoms with E-state index in [0.717, 1.165) is 0 Å². The Hall–Kier alpha value is -1.61. The highest BCUT2D eigenvalue weighted by Crippen LogP contribution is 2.41. The van der Waals surface area contributed by atoms with E-state index in [1.807, 2.05) is 0 Å². The van der Waals surface area contributed by atoms with Crippen molar-refractivity contribution in [3.8, 4) is 0 Å². The Labute approximate surface area is 154 Å². The van der Waals surface area contributed by atoms with Crippen LogP contribution in [0, 0.1) is 5.92 Å². The molecule has 2 amide bonds. The topological polar surface area (TPSA) is 78.4 Å². The summed E-state index contributed by atoms with van der Waals surface area (Å²) < 4.78 is 38.5. The zero-order valence-corrected chi connectivity index (χ0v) is 15.1. The second-order valence-electron chi connectivity index (χ2n) is 6.71. The molecule has 5 nitrogen and oxygen atoms in total. The lowest BCUT2D eigenvalue weighted by molar-refractivity contribution is -0.199. The first-order valence-electron chi connectivity index (χ1n) is 8.56. The number of nitrogens with one attached hydrogen (secondary N) is 2. The van der Waals surface area contributed by atoms with Crippen LogP contribution in [0.15, 0.2) is 16.8 Å². The van der Waals surface area contributed by atoms with Gasteiger partial charge in [-0.1, -0.05) is 0 Å². The van der Waals surface area contributed by atoms with Gasteiger partial charge in [0.05, 0.1) is 11.5 Å². The largest absolute Gasteiger partial charge is 0.391 e. The third-order valence-corrected chi connectivity index (χ3v) is 5.23. The van der Waals surface area contributed by atoms with Gasteiger partial charge < -0.3 is 15.7 Å². The van der Waals surface area contributed by atoms with E-state index in [4.69, 9.17) is 0 Å². The number of halogens is 3. The van der Waals surface area contributed by atoms with Gasteiger partial charge in [-0.15, -0.1) is 0 Å². The van der Waals surface area contributed by atoms with Gasteiger partial charge in [-0.25, -0.2) is 0 Å². The normalized spacial score (nSPS) is 23.5. The molecule has 0 radical (unpaired) electrons. The number of carbonyl (C=O) groups excluding carboxylic acids is 2. The summed E-state index contributed by atoms with van der Waals surface area (Å²) in [5, 5.41) is 19.1. The van der Waals surface area contributed by atoms with Crippen LogP contribution in [0.25, 0.3) is 0 Å². The Morgan fingerprint density at radius 1 is 1.35 bits per heavy atom. The maximum absolute atomic E-state index is 12.8. The third kappa shape index (κ3) is 6.28. The molecule has 1 aliphatic rings. The second-order valence-corrected chi connectivity index (χ2v) is 7.49. The lowest BCUT2D eigenvalue weighted by Gasteiger charge is -2.37. The number of alkyl halides is 3. The van der Waals surface area contributed by atoms with E-state index in [1.54, 1.807) is 16.8 Å². The minimum absolute atomic E-state index is 0.0174. The Kier molecular flexibility index (Phi) is 7.05. The van der Waals surface area contributed by atoms with Gasteiger partial charge in [0.25, 0.3) is 5.91 Å². The minimum atomic E-state index is -4.32. The van der Waals surface area contributed by atoms with E-state index in [2.05, 4.69) is 10.6 Å². The van der Waals surface area contributed by atoms with Crippen LogP contribution < -0.4 is 10.6 Å². The summed E-state index contributed by atoms with van der Waals surface area (Å²) in [4.78, 5) is 23.5. The predicted octanol–water partition coefficient (Wildman–Crippen LogP) is 2.86. The molecule has 1 heterocycles. The molecule has 1 aliphatic carbocycles. The molecule has 0 spiro atoms. The minimum Gasteiger partial charge on any atom is -0.388 e. The molecule has 146 valence electrons. The maximum Gasteiger partial charge on any atom is 0.391 e. The molecule has 2 atom stereocenters. The third-order valence-electron chi connectivity index (χ3n) is 4.55. The summed E-state index contributed by atoms with van der Waals surface area (Å²) in [5.74, 6) is -2.08. The highest BCUT2D eigenvalue weighted by molar-refractivity contribution is 7.08. The molecule has 0 aromatic carbocycles. The van der Waals surface area contributed by atoms with Crippen molar-refractivity contribution >= 4 is 23.2 Å². The van der Waals surface area contributed by atoms with Crippen molar-refractivity contribution in [1.82, 2.24) is 10.6 Å². The number of hydrogen-bond acceptors (Lipinski definition) is 4. The summed E-state index contributed by atoms with van der Waals surface area (Å²) in [6.45, 7) is 0.141. The number of carbonyl (C=O) groups is 2. The van der Waals surface area contributed by atoms with Gasteiger partial charge in [-0.05, 0) is 43.6 Å². The summed E-state index contributed by atoms with van der Waals surface area (Å²) in [6, 6.07) is 1.70. The first-order chi connectivity index (χ1) is 12.2. The van der Waals surface area contributed by atoms with Crippen molar-refractivity contribution in [3.63, 3.8) is 0 Å². The molecule has 1 fully saturated rings. The SMILES string of the molecule is O=C(CCCNC(=O)c1ccsc1)NC[C@]1(O)CCC[C@H](C(F)(F)F)C1. The molecule has 0 unspecified atom stereocenters. The lowest BCUT2D eigenvalue weighted by atomic mass is 9.77. The lowest BCUT2D eigenvalue weighted by Crippen LogP contribution is -2.48. The fraction of sp³-hybridized carbons (Fsp3) is 0.647. The highest BCUT2D eigenvalue weighted by atomic mass is 32.1. The molecular weight excluding hydrogens is 369 g/mol. The van der Waals surface area contributed by atoms with E-state index in [1.165, 1.54) is 11.3 Å². The van der Waals surface area contributed by atoms with Crippen molar-refractivity contribution in [1.29, 1.82) is 0 Å². The average Bonchev–Trinajstić information content (AvgIpc) is 3.11. The van der Waals surface area contributed by atoms with Crippen LogP contribution in [0.5, 0.6) is 0 Å². The van der Waals surface area contributed by atoms with Crippen LogP contribution in [-0.4, -0.2) is 41.8 Å². The van der Waals surface area contributed by atoms with Crippen LogP contribution in [0.2, 0.25) is 0 Å². The molecule has 2 rings (SSSR count). The Balaban J connectivity index is 1.65. The number of rotatable bonds is 7. The zero-order chi connectivity index (χ0) is 19.2. The summed E-state index contributed by atoms with van der Waals surface area (Å²) in [6.07, 6.45) is -3.62. The van der Waals surface area contributed by atoms with E-state index in [0.29, 0.717) is 18.5 Å². The number of aliphatic hydroxyl groups is 1. The van der Waals surface area contributed by atoms with Gasteiger partial charge in [0.2, 0.25) is 5.91 Å². The summed E-state index contributed by atoms with van der Waals surface area (Å²) in [7, 11) is 0. The van der Waals surface area contributed by atoms with Gasteiger partial charge in [0, 0.05) is 30.5 Å². The Morgan fingerprint density at radius 2 is 2.12 bits per heavy atom. The van der Waals surface area contributed by atoms with Gasteiger partial charge in [-0.3, -0.25) is 9.59 Å². The van der Waals surface area contributed by atoms with E-state index >= 15 is 0 Å². The van der Waals surface area contributed by atoms with Crippen molar-refractivity contribution in [2.45, 2.75) is 50.3 Å². The van der Waals surface area contributed by atoms with Gasteiger partial charge >= 0.3 is 6.18 Å². The van der Waals surface area contributed by atoms with E-state index in [-0.39, 0.29) is 50.5 Å². The molecule has 1 aromatic heterocycles. The molecule has 9 heteroatoms. The standard InChI is InChI=1S/C17H23F3N2O3S/c18-17(19,20)13-3-1-6-16(25,9-13)11-22-14(23)4-2-7-21-15(24)12-5-8-26-10-12/h5,8,10,13,25H,1-4,6-7,9,11H2,(H,21,24)(H,22,23)/t13-,16-/m0/s1. The van der Waals surface area contributed by atoms with Crippen LogP contribution in [0.1, 0.15) is 48.9 Å². The fourth-order valence-electron chi connectivity index (χ4n) is 3.08. The number of thiophene rings is 1. The molecule has 26 heavy (non-hydrogen) atoms. The van der Waals surface area contributed by atoms with Crippen LogP contribution in [0.3, 0.4) is 0 Å². The highest BCUT2D eigenvalue weighted by Gasteiger charge is 2.46. The molecule has 3 N–H and O–H groups in total. The van der Waals surface area contributed by atoms with E-state index < -0.39 is 17.7 Å². The molecular formula is C17H23F3N2O3S. The number of hydrogen-bond donors (Lipinski definition) is 3. The van der Waals surface area contributed by atoms with Crippen molar-refractivity contribution in [2.75, 3.05) is 13.1 Å². The van der Waals surface area contributed by atoms with Crippen molar-refractivity contribution in [3.05, 3.63) is 22.4 Å². The summed E-state index contributed by atoms with van der Waals surface area (Å²) >= 11 is 1.41. The monoisotopic (exact) mass is 392 g/mol. The van der Waals surface area contributed by atoms with E-state index in [9.17, 15) is 27.9 Å². The Morgan fingerprint density at radius 3 is 2.77 bits per heavy atom. The zero-order valence-electron chi connectivity index (χ0n) is 14.3. The fourth-order valence-corrected chi connectivity index (χ4v) is 3.71. The Bertz CT molecular complexity index is 607. The molecule has 1 aromatic rings. The number of amides is 2.